The molecule has 1 aromatic carbocycles. The van der Waals surface area contributed by atoms with Gasteiger partial charge in [-0.3, -0.25) is 0 Å². The second kappa shape index (κ2) is 1.86. The van der Waals surface area contributed by atoms with Crippen LogP contribution in [-0.2, 0) is 0 Å². The van der Waals surface area contributed by atoms with E-state index in [2.05, 4.69) is 0 Å². The van der Waals surface area contributed by atoms with Crippen LogP contribution in [0.5, 0.6) is 5.75 Å². The Morgan fingerprint density at radius 1 is 1.62 bits per heavy atom. The van der Waals surface area contributed by atoms with Gasteiger partial charge in [-0.15, -0.1) is 0 Å². The summed E-state index contributed by atoms with van der Waals surface area (Å²) in [5, 5.41) is 8.98. The van der Waals surface area contributed by atoms with Gasteiger partial charge < -0.3 is 5.11 Å². The number of phenols is 1. The van der Waals surface area contributed by atoms with E-state index in [-0.39, 0.29) is 5.75 Å². The molecule has 0 aromatic heterocycles. The van der Waals surface area contributed by atoms with Crippen LogP contribution < -0.4 is 0 Å². The van der Waals surface area contributed by atoms with Crippen molar-refractivity contribution in [2.75, 3.05) is 0 Å². The van der Waals surface area contributed by atoms with Crippen LogP contribution >= 0.6 is 0 Å². The maximum atomic E-state index is 8.98. The molecule has 1 rings (SSSR count). The smallest absolute Gasteiger partial charge is 0.118 e. The third kappa shape index (κ3) is 0.808. The van der Waals surface area contributed by atoms with E-state index in [1.54, 1.807) is 19.1 Å². The highest BCUT2D eigenvalue weighted by molar-refractivity contribution is 5.29. The summed E-state index contributed by atoms with van der Waals surface area (Å²) >= 11 is 0. The maximum Gasteiger partial charge on any atom is 0.118 e. The Bertz CT molecular complexity index is 220. The summed E-state index contributed by atoms with van der Waals surface area (Å²) in [6, 6.07) is 5.14. The van der Waals surface area contributed by atoms with E-state index >= 15 is 0 Å². The summed E-state index contributed by atoms with van der Waals surface area (Å²) in [5.74, 6) is 0.197. The van der Waals surface area contributed by atoms with E-state index in [4.69, 9.17) is 6.48 Å². The van der Waals surface area contributed by atoms with Gasteiger partial charge in [0.1, 0.15) is 5.75 Å². The van der Waals surface area contributed by atoms with Crippen LogP contribution in [0.1, 0.15) is 6.93 Å². The molecule has 0 saturated carbocycles. The first-order valence-electron chi connectivity index (χ1n) is 2.96. The summed E-state index contributed by atoms with van der Waals surface area (Å²) < 4.78 is 7.07. The molecular formula is C7H8O. The van der Waals surface area contributed by atoms with Crippen molar-refractivity contribution in [2.45, 2.75) is 6.92 Å². The SMILES string of the molecule is [2H]c1ccc(C)c(O)c1. The highest BCUT2D eigenvalue weighted by atomic mass is 16.3. The van der Waals surface area contributed by atoms with Gasteiger partial charge in [0.05, 0.1) is 1.37 Å². The molecule has 0 fully saturated rings. The van der Waals surface area contributed by atoms with Gasteiger partial charge in [0.25, 0.3) is 0 Å². The van der Waals surface area contributed by atoms with Crippen molar-refractivity contribution in [2.24, 2.45) is 0 Å². The molecule has 0 bridgehead atoms. The number of hydrogen-bond acceptors (Lipinski definition) is 1. The van der Waals surface area contributed by atoms with E-state index in [0.29, 0.717) is 6.04 Å². The molecule has 0 amide bonds. The van der Waals surface area contributed by atoms with Crippen molar-refractivity contribution in [1.82, 2.24) is 0 Å². The van der Waals surface area contributed by atoms with Gasteiger partial charge in [0.15, 0.2) is 0 Å². The van der Waals surface area contributed by atoms with Gasteiger partial charge in [0.2, 0.25) is 0 Å². The Labute approximate surface area is 50.0 Å². The summed E-state index contributed by atoms with van der Waals surface area (Å²) in [6.07, 6.45) is 0. The normalized spacial score (nSPS) is 10.9. The van der Waals surface area contributed by atoms with Gasteiger partial charge in [-0.1, -0.05) is 18.2 Å². The molecular weight excluding hydrogens is 100 g/mol. The number of aromatic hydroxyl groups is 1. The molecule has 0 spiro atoms. The summed E-state index contributed by atoms with van der Waals surface area (Å²) in [6.45, 7) is 1.80. The Balaban J connectivity index is 3.17. The monoisotopic (exact) mass is 109 g/mol. The van der Waals surface area contributed by atoms with Crippen molar-refractivity contribution >= 4 is 0 Å². The topological polar surface area (TPSA) is 20.2 Å². The number of rotatable bonds is 0. The molecule has 0 saturated heterocycles. The fourth-order valence-corrected chi connectivity index (χ4v) is 0.499. The van der Waals surface area contributed by atoms with Crippen LogP contribution in [0.3, 0.4) is 0 Å². The second-order valence-corrected chi connectivity index (χ2v) is 1.71. The van der Waals surface area contributed by atoms with E-state index in [1.807, 2.05) is 0 Å². The molecule has 8 heavy (non-hydrogen) atoms. The number of aryl methyl sites for hydroxylation is 1. The molecule has 1 N–H and O–H groups in total. The van der Waals surface area contributed by atoms with Crippen molar-refractivity contribution in [3.63, 3.8) is 0 Å². The maximum absolute atomic E-state index is 8.98. The van der Waals surface area contributed by atoms with Crippen LogP contribution in [0.2, 0.25) is 0 Å². The zero-order valence-corrected chi connectivity index (χ0v) is 4.68. The first kappa shape index (κ1) is 3.96. The van der Waals surface area contributed by atoms with Crippen LogP contribution in [0.15, 0.2) is 24.2 Å². The predicted octanol–water partition coefficient (Wildman–Crippen LogP) is 1.70. The third-order valence-corrected chi connectivity index (χ3v) is 1.05. The van der Waals surface area contributed by atoms with Crippen LogP contribution in [-0.4, -0.2) is 5.11 Å². The Hall–Kier alpha value is -0.980. The summed E-state index contributed by atoms with van der Waals surface area (Å²) in [4.78, 5) is 0. The average Bonchev–Trinajstić information content (AvgIpc) is 1.80. The zero-order valence-electron chi connectivity index (χ0n) is 5.68. The number of phenolic OH excluding ortho intramolecular Hbond substituents is 1. The number of para-hydroxylation sites is 1. The van der Waals surface area contributed by atoms with Crippen LogP contribution in [0.4, 0.5) is 0 Å². The molecule has 42 valence electrons. The lowest BCUT2D eigenvalue weighted by Crippen LogP contribution is -1.68. The van der Waals surface area contributed by atoms with Gasteiger partial charge in [-0.25, -0.2) is 0 Å². The minimum absolute atomic E-state index is 0.197. The molecule has 0 aliphatic carbocycles. The van der Waals surface area contributed by atoms with Gasteiger partial charge >= 0.3 is 0 Å². The fraction of sp³-hybridized carbons (Fsp3) is 0.143. The fourth-order valence-electron chi connectivity index (χ4n) is 0.499. The van der Waals surface area contributed by atoms with E-state index < -0.39 is 0 Å². The van der Waals surface area contributed by atoms with Crippen molar-refractivity contribution in [1.29, 1.82) is 0 Å². The molecule has 1 aromatic rings. The molecule has 0 unspecified atom stereocenters. The first-order valence-corrected chi connectivity index (χ1v) is 2.46. The minimum Gasteiger partial charge on any atom is -0.508 e. The molecule has 0 radical (unpaired) electrons. The average molecular weight is 109 g/mol. The standard InChI is InChI=1S/C7H8O/c1-6-4-2-3-5-7(6)8/h2-5,8H,1H3/i3D. The lowest BCUT2D eigenvalue weighted by Gasteiger charge is -1.92. The second-order valence-electron chi connectivity index (χ2n) is 1.71. The molecule has 0 aliphatic heterocycles. The molecule has 0 atom stereocenters. The number of hydrogen-bond donors (Lipinski definition) is 1. The lowest BCUT2D eigenvalue weighted by atomic mass is 10.2. The van der Waals surface area contributed by atoms with Crippen LogP contribution in [0, 0.1) is 6.92 Å². The minimum atomic E-state index is 0.197. The highest BCUT2D eigenvalue weighted by Crippen LogP contribution is 2.12. The van der Waals surface area contributed by atoms with Gasteiger partial charge in [-0.2, -0.15) is 0 Å². The van der Waals surface area contributed by atoms with Crippen molar-refractivity contribution in [3.8, 4) is 5.75 Å². The molecule has 1 nitrogen and oxygen atoms in total. The van der Waals surface area contributed by atoms with Crippen LogP contribution in [0.25, 0.3) is 0 Å². The quantitative estimate of drug-likeness (QED) is 0.537. The highest BCUT2D eigenvalue weighted by Gasteiger charge is 1.86. The molecule has 0 heterocycles. The summed E-state index contributed by atoms with van der Waals surface area (Å²) in [7, 11) is 0. The lowest BCUT2D eigenvalue weighted by molar-refractivity contribution is 0.471. The Morgan fingerprint density at radius 2 is 2.38 bits per heavy atom. The third-order valence-electron chi connectivity index (χ3n) is 1.05. The van der Waals surface area contributed by atoms with Crippen molar-refractivity contribution in [3.05, 3.63) is 29.8 Å². The van der Waals surface area contributed by atoms with E-state index in [9.17, 15) is 0 Å². The van der Waals surface area contributed by atoms with Gasteiger partial charge in [0, 0.05) is 0 Å². The number of benzene rings is 1. The predicted molar refractivity (Wildman–Crippen MR) is 32.8 cm³/mol. The zero-order chi connectivity index (χ0) is 6.85. The Morgan fingerprint density at radius 3 is 2.88 bits per heavy atom. The molecule has 0 aliphatic rings. The van der Waals surface area contributed by atoms with Gasteiger partial charge in [-0.05, 0) is 18.6 Å². The Kier molecular flexibility index (Phi) is 0.922. The first-order chi connectivity index (χ1) is 4.20. The largest absolute Gasteiger partial charge is 0.508 e. The molecule has 1 heteroatoms. The summed E-state index contributed by atoms with van der Waals surface area (Å²) in [5.41, 5.74) is 0.811. The van der Waals surface area contributed by atoms with E-state index in [1.165, 1.54) is 6.07 Å². The van der Waals surface area contributed by atoms with E-state index in [0.717, 1.165) is 5.56 Å². The van der Waals surface area contributed by atoms with Crippen molar-refractivity contribution < 1.29 is 6.48 Å².